The fourth-order valence-corrected chi connectivity index (χ4v) is 3.09. The molecule has 3 rings (SSSR count). The number of alkyl halides is 3. The van der Waals surface area contributed by atoms with Gasteiger partial charge in [-0.15, -0.1) is 13.2 Å². The summed E-state index contributed by atoms with van der Waals surface area (Å²) in [5, 5.41) is 6.13. The Morgan fingerprint density at radius 3 is 2.75 bits per heavy atom. The molecule has 0 spiro atoms. The van der Waals surface area contributed by atoms with Gasteiger partial charge in [-0.05, 0) is 29.3 Å². The second-order valence-corrected chi connectivity index (χ2v) is 6.45. The summed E-state index contributed by atoms with van der Waals surface area (Å²) in [6.07, 6.45) is -1.21. The van der Waals surface area contributed by atoms with Gasteiger partial charge in [-0.25, -0.2) is 0 Å². The lowest BCUT2D eigenvalue weighted by Crippen LogP contribution is -2.49. The SMILES string of the molecule is O=C(CN1CCNCC1c1cccnc1)NCc1ccc(OC(F)(F)F)cc1. The van der Waals surface area contributed by atoms with E-state index in [1.54, 1.807) is 12.4 Å². The predicted molar refractivity (Wildman–Crippen MR) is 96.4 cm³/mol. The Bertz CT molecular complexity index is 769. The second-order valence-electron chi connectivity index (χ2n) is 6.45. The van der Waals surface area contributed by atoms with Crippen molar-refractivity contribution in [1.29, 1.82) is 0 Å². The first kappa shape index (κ1) is 20.1. The van der Waals surface area contributed by atoms with Crippen molar-refractivity contribution in [2.75, 3.05) is 26.2 Å². The number of rotatable bonds is 6. The fraction of sp³-hybridized carbons (Fsp3) is 0.368. The Morgan fingerprint density at radius 1 is 1.29 bits per heavy atom. The zero-order valence-corrected chi connectivity index (χ0v) is 15.1. The van der Waals surface area contributed by atoms with Crippen molar-refractivity contribution in [2.24, 2.45) is 0 Å². The number of pyridine rings is 1. The summed E-state index contributed by atoms with van der Waals surface area (Å²) in [5.74, 6) is -0.436. The highest BCUT2D eigenvalue weighted by molar-refractivity contribution is 5.78. The Hall–Kier alpha value is -2.65. The average Bonchev–Trinajstić information content (AvgIpc) is 2.67. The van der Waals surface area contributed by atoms with Crippen molar-refractivity contribution in [1.82, 2.24) is 20.5 Å². The monoisotopic (exact) mass is 394 g/mol. The highest BCUT2D eigenvalue weighted by Gasteiger charge is 2.31. The van der Waals surface area contributed by atoms with Crippen LogP contribution in [0, 0.1) is 0 Å². The van der Waals surface area contributed by atoms with Crippen molar-refractivity contribution in [3.05, 3.63) is 59.9 Å². The highest BCUT2D eigenvalue weighted by atomic mass is 19.4. The number of amides is 1. The van der Waals surface area contributed by atoms with E-state index >= 15 is 0 Å². The molecule has 0 bridgehead atoms. The molecular formula is C19H21F3N4O2. The highest BCUT2D eigenvalue weighted by Crippen LogP contribution is 2.23. The van der Waals surface area contributed by atoms with Gasteiger partial charge in [-0.3, -0.25) is 14.7 Å². The maximum absolute atomic E-state index is 12.4. The molecule has 6 nitrogen and oxygen atoms in total. The average molecular weight is 394 g/mol. The van der Waals surface area contributed by atoms with Crippen LogP contribution in [0.15, 0.2) is 48.8 Å². The molecule has 28 heavy (non-hydrogen) atoms. The molecule has 0 radical (unpaired) electrons. The molecule has 1 unspecified atom stereocenters. The minimum atomic E-state index is -4.72. The number of nitrogens with zero attached hydrogens (tertiary/aromatic N) is 2. The molecule has 1 aromatic carbocycles. The van der Waals surface area contributed by atoms with Crippen molar-refractivity contribution < 1.29 is 22.7 Å². The van der Waals surface area contributed by atoms with E-state index in [1.807, 2.05) is 12.1 Å². The third-order valence-electron chi connectivity index (χ3n) is 4.42. The molecule has 1 saturated heterocycles. The van der Waals surface area contributed by atoms with E-state index in [2.05, 4.69) is 25.3 Å². The third kappa shape index (κ3) is 5.93. The molecular weight excluding hydrogens is 373 g/mol. The van der Waals surface area contributed by atoms with Gasteiger partial charge in [0, 0.05) is 44.6 Å². The van der Waals surface area contributed by atoms with Crippen LogP contribution < -0.4 is 15.4 Å². The van der Waals surface area contributed by atoms with Crippen LogP contribution in [0.5, 0.6) is 5.75 Å². The number of hydrogen-bond donors (Lipinski definition) is 2. The first-order valence-corrected chi connectivity index (χ1v) is 8.87. The molecule has 2 aromatic rings. The molecule has 1 atom stereocenters. The fourth-order valence-electron chi connectivity index (χ4n) is 3.09. The Labute approximate surface area is 160 Å². The Balaban J connectivity index is 1.52. The summed E-state index contributed by atoms with van der Waals surface area (Å²) in [7, 11) is 0. The molecule has 1 amide bonds. The number of carbonyl (C=O) groups excluding carboxylic acids is 1. The third-order valence-corrected chi connectivity index (χ3v) is 4.42. The number of benzene rings is 1. The molecule has 0 saturated carbocycles. The number of ether oxygens (including phenoxy) is 1. The quantitative estimate of drug-likeness (QED) is 0.787. The van der Waals surface area contributed by atoms with E-state index in [4.69, 9.17) is 0 Å². The lowest BCUT2D eigenvalue weighted by Gasteiger charge is -2.35. The van der Waals surface area contributed by atoms with E-state index in [1.165, 1.54) is 24.3 Å². The second kappa shape index (κ2) is 9.03. The number of carbonyl (C=O) groups is 1. The summed E-state index contributed by atoms with van der Waals surface area (Å²) in [6.45, 7) is 2.73. The summed E-state index contributed by atoms with van der Waals surface area (Å²) in [5.41, 5.74) is 1.73. The zero-order chi connectivity index (χ0) is 20.0. The molecule has 2 N–H and O–H groups in total. The molecule has 9 heteroatoms. The van der Waals surface area contributed by atoms with Gasteiger partial charge in [0.1, 0.15) is 5.75 Å². The number of hydrogen-bond acceptors (Lipinski definition) is 5. The first-order valence-electron chi connectivity index (χ1n) is 8.87. The van der Waals surface area contributed by atoms with Crippen molar-refractivity contribution in [2.45, 2.75) is 18.9 Å². The maximum atomic E-state index is 12.4. The smallest absolute Gasteiger partial charge is 0.406 e. The predicted octanol–water partition coefficient (Wildman–Crippen LogP) is 2.24. The maximum Gasteiger partial charge on any atom is 0.573 e. The minimum absolute atomic E-state index is 0.0620. The van der Waals surface area contributed by atoms with Gasteiger partial charge in [-0.1, -0.05) is 18.2 Å². The molecule has 150 valence electrons. The van der Waals surface area contributed by atoms with Gasteiger partial charge in [0.25, 0.3) is 0 Å². The van der Waals surface area contributed by atoms with E-state index in [9.17, 15) is 18.0 Å². The van der Waals surface area contributed by atoms with Crippen molar-refractivity contribution >= 4 is 5.91 Å². The van der Waals surface area contributed by atoms with E-state index in [0.29, 0.717) is 5.56 Å². The molecule has 1 aliphatic heterocycles. The molecule has 1 aromatic heterocycles. The van der Waals surface area contributed by atoms with Crippen LogP contribution in [-0.2, 0) is 11.3 Å². The van der Waals surface area contributed by atoms with Crippen LogP contribution in [0.1, 0.15) is 17.2 Å². The molecule has 1 fully saturated rings. The van der Waals surface area contributed by atoms with Gasteiger partial charge in [0.15, 0.2) is 0 Å². The summed E-state index contributed by atoms with van der Waals surface area (Å²) >= 11 is 0. The van der Waals surface area contributed by atoms with Crippen LogP contribution in [0.2, 0.25) is 0 Å². The standard InChI is InChI=1S/C19H21F3N4O2/c20-19(21,22)28-16-5-3-14(4-6-16)10-25-18(27)13-26-9-8-24-12-17(26)15-2-1-7-23-11-15/h1-7,11,17,24H,8-10,12-13H2,(H,25,27). The Morgan fingerprint density at radius 2 is 2.07 bits per heavy atom. The van der Waals surface area contributed by atoms with Gasteiger partial charge < -0.3 is 15.4 Å². The molecule has 2 heterocycles. The van der Waals surface area contributed by atoms with Crippen LogP contribution in [0.3, 0.4) is 0 Å². The van der Waals surface area contributed by atoms with Crippen molar-refractivity contribution in [3.8, 4) is 5.75 Å². The van der Waals surface area contributed by atoms with Gasteiger partial charge in [0.2, 0.25) is 5.91 Å². The topological polar surface area (TPSA) is 66.5 Å². The summed E-state index contributed by atoms with van der Waals surface area (Å²) in [4.78, 5) is 18.6. The van der Waals surface area contributed by atoms with Crippen molar-refractivity contribution in [3.63, 3.8) is 0 Å². The largest absolute Gasteiger partial charge is 0.573 e. The summed E-state index contributed by atoms with van der Waals surface area (Å²) in [6, 6.07) is 9.35. The number of aromatic nitrogens is 1. The number of piperazine rings is 1. The van der Waals surface area contributed by atoms with E-state index in [-0.39, 0.29) is 30.8 Å². The van der Waals surface area contributed by atoms with Crippen LogP contribution in [-0.4, -0.2) is 48.3 Å². The van der Waals surface area contributed by atoms with Gasteiger partial charge >= 0.3 is 6.36 Å². The minimum Gasteiger partial charge on any atom is -0.406 e. The Kier molecular flexibility index (Phi) is 6.48. The summed E-state index contributed by atoms with van der Waals surface area (Å²) < 4.78 is 40.4. The van der Waals surface area contributed by atoms with E-state index in [0.717, 1.165) is 25.2 Å². The molecule has 0 aliphatic carbocycles. The lowest BCUT2D eigenvalue weighted by molar-refractivity contribution is -0.274. The normalized spacial score (nSPS) is 17.9. The van der Waals surface area contributed by atoms with Crippen LogP contribution >= 0.6 is 0 Å². The van der Waals surface area contributed by atoms with Gasteiger partial charge in [-0.2, -0.15) is 0 Å². The van der Waals surface area contributed by atoms with Gasteiger partial charge in [0.05, 0.1) is 6.54 Å². The number of halogens is 3. The molecule has 1 aliphatic rings. The van der Waals surface area contributed by atoms with Crippen LogP contribution in [0.4, 0.5) is 13.2 Å². The first-order chi connectivity index (χ1) is 13.4. The lowest BCUT2D eigenvalue weighted by atomic mass is 10.1. The van der Waals surface area contributed by atoms with Crippen LogP contribution in [0.25, 0.3) is 0 Å². The van der Waals surface area contributed by atoms with E-state index < -0.39 is 6.36 Å². The zero-order valence-electron chi connectivity index (χ0n) is 15.1. The number of nitrogens with one attached hydrogen (secondary N) is 2.